The van der Waals surface area contributed by atoms with Crippen LogP contribution in [0.2, 0.25) is 10.2 Å². The van der Waals surface area contributed by atoms with E-state index in [9.17, 15) is 0 Å². The molecular weight excluding hydrogens is 249 g/mol. The SMILES string of the molecule is Clc1cc(CCBr)c(Cl)cn1. The Morgan fingerprint density at radius 1 is 1.45 bits per heavy atom. The van der Waals surface area contributed by atoms with Crippen molar-refractivity contribution in [3.05, 3.63) is 28.0 Å². The van der Waals surface area contributed by atoms with Crippen molar-refractivity contribution < 1.29 is 0 Å². The Hall–Kier alpha value is 0.210. The van der Waals surface area contributed by atoms with E-state index in [0.29, 0.717) is 10.2 Å². The quantitative estimate of drug-likeness (QED) is 0.583. The van der Waals surface area contributed by atoms with Gasteiger partial charge in [0.05, 0.1) is 5.02 Å². The summed E-state index contributed by atoms with van der Waals surface area (Å²) in [6.07, 6.45) is 2.45. The van der Waals surface area contributed by atoms with E-state index in [4.69, 9.17) is 23.2 Å². The van der Waals surface area contributed by atoms with Gasteiger partial charge in [-0.1, -0.05) is 39.1 Å². The van der Waals surface area contributed by atoms with Crippen LogP contribution in [0.1, 0.15) is 5.56 Å². The summed E-state index contributed by atoms with van der Waals surface area (Å²) in [4.78, 5) is 3.84. The number of aryl methyl sites for hydroxylation is 1. The van der Waals surface area contributed by atoms with Gasteiger partial charge in [-0.25, -0.2) is 4.98 Å². The van der Waals surface area contributed by atoms with E-state index in [0.717, 1.165) is 17.3 Å². The van der Waals surface area contributed by atoms with Crippen molar-refractivity contribution in [2.24, 2.45) is 0 Å². The number of pyridine rings is 1. The molecule has 0 radical (unpaired) electrons. The maximum atomic E-state index is 5.83. The lowest BCUT2D eigenvalue weighted by Crippen LogP contribution is -1.88. The van der Waals surface area contributed by atoms with Gasteiger partial charge in [0, 0.05) is 11.5 Å². The van der Waals surface area contributed by atoms with E-state index in [1.54, 1.807) is 12.3 Å². The molecular formula is C7H6BrCl2N. The molecule has 0 aliphatic carbocycles. The highest BCUT2D eigenvalue weighted by Crippen LogP contribution is 2.18. The average molecular weight is 255 g/mol. The largest absolute Gasteiger partial charge is 0.243 e. The molecule has 0 spiro atoms. The Balaban J connectivity index is 2.93. The third kappa shape index (κ3) is 2.62. The molecule has 0 amide bonds. The molecule has 0 aromatic carbocycles. The molecule has 4 heteroatoms. The van der Waals surface area contributed by atoms with E-state index in [-0.39, 0.29) is 0 Å². The zero-order valence-electron chi connectivity index (χ0n) is 5.65. The van der Waals surface area contributed by atoms with Crippen LogP contribution in [-0.4, -0.2) is 10.3 Å². The van der Waals surface area contributed by atoms with Crippen LogP contribution < -0.4 is 0 Å². The van der Waals surface area contributed by atoms with Crippen LogP contribution >= 0.6 is 39.1 Å². The van der Waals surface area contributed by atoms with E-state index >= 15 is 0 Å². The fraction of sp³-hybridized carbons (Fsp3) is 0.286. The Morgan fingerprint density at radius 2 is 2.18 bits per heavy atom. The molecule has 0 saturated carbocycles. The summed E-state index contributed by atoms with van der Waals surface area (Å²) in [6, 6.07) is 1.78. The standard InChI is InChI=1S/C7H6BrCl2N/c8-2-1-5-3-7(10)11-4-6(5)9/h3-4H,1-2H2. The molecule has 1 aromatic heterocycles. The number of halogens is 3. The van der Waals surface area contributed by atoms with E-state index < -0.39 is 0 Å². The highest BCUT2D eigenvalue weighted by Gasteiger charge is 2.00. The van der Waals surface area contributed by atoms with Gasteiger partial charge in [0.15, 0.2) is 0 Å². The van der Waals surface area contributed by atoms with Gasteiger partial charge < -0.3 is 0 Å². The first-order valence-electron chi connectivity index (χ1n) is 3.10. The maximum Gasteiger partial charge on any atom is 0.129 e. The third-order valence-corrected chi connectivity index (χ3v) is 2.21. The summed E-state index contributed by atoms with van der Waals surface area (Å²) in [7, 11) is 0. The molecule has 60 valence electrons. The first-order valence-corrected chi connectivity index (χ1v) is 4.97. The topological polar surface area (TPSA) is 12.9 Å². The van der Waals surface area contributed by atoms with Gasteiger partial charge in [-0.05, 0) is 18.1 Å². The monoisotopic (exact) mass is 253 g/mol. The number of alkyl halides is 1. The highest BCUT2D eigenvalue weighted by molar-refractivity contribution is 9.09. The molecule has 11 heavy (non-hydrogen) atoms. The number of hydrogen-bond acceptors (Lipinski definition) is 1. The average Bonchev–Trinajstić information content (AvgIpc) is 1.98. The molecule has 0 bridgehead atoms. The Morgan fingerprint density at radius 3 is 2.82 bits per heavy atom. The van der Waals surface area contributed by atoms with E-state index in [2.05, 4.69) is 20.9 Å². The molecule has 1 rings (SSSR count). The van der Waals surface area contributed by atoms with Crippen LogP contribution in [0.3, 0.4) is 0 Å². The van der Waals surface area contributed by atoms with E-state index in [1.807, 2.05) is 0 Å². The smallest absolute Gasteiger partial charge is 0.129 e. The van der Waals surface area contributed by atoms with Gasteiger partial charge in [0.25, 0.3) is 0 Å². The van der Waals surface area contributed by atoms with Crippen molar-refractivity contribution in [1.29, 1.82) is 0 Å². The molecule has 0 aliphatic heterocycles. The maximum absolute atomic E-state index is 5.83. The Labute approximate surface area is 83.9 Å². The van der Waals surface area contributed by atoms with Crippen molar-refractivity contribution in [2.75, 3.05) is 5.33 Å². The lowest BCUT2D eigenvalue weighted by Gasteiger charge is -2.00. The Bertz CT molecular complexity index is 252. The minimum Gasteiger partial charge on any atom is -0.243 e. The molecule has 0 atom stereocenters. The number of hydrogen-bond donors (Lipinski definition) is 0. The van der Waals surface area contributed by atoms with Crippen molar-refractivity contribution in [2.45, 2.75) is 6.42 Å². The van der Waals surface area contributed by atoms with Crippen LogP contribution in [0, 0.1) is 0 Å². The normalized spacial score (nSPS) is 10.1. The molecule has 1 heterocycles. The van der Waals surface area contributed by atoms with Crippen LogP contribution in [0.15, 0.2) is 12.3 Å². The van der Waals surface area contributed by atoms with Crippen LogP contribution in [0.4, 0.5) is 0 Å². The van der Waals surface area contributed by atoms with Gasteiger partial charge in [-0.2, -0.15) is 0 Å². The van der Waals surface area contributed by atoms with Crippen molar-refractivity contribution >= 4 is 39.1 Å². The molecule has 0 N–H and O–H groups in total. The first kappa shape index (κ1) is 9.30. The van der Waals surface area contributed by atoms with Crippen LogP contribution in [-0.2, 0) is 6.42 Å². The van der Waals surface area contributed by atoms with Crippen LogP contribution in [0.25, 0.3) is 0 Å². The highest BCUT2D eigenvalue weighted by atomic mass is 79.9. The fourth-order valence-corrected chi connectivity index (χ4v) is 1.55. The molecule has 0 aliphatic rings. The number of nitrogens with zero attached hydrogens (tertiary/aromatic N) is 1. The van der Waals surface area contributed by atoms with Crippen LogP contribution in [0.5, 0.6) is 0 Å². The predicted molar refractivity (Wildman–Crippen MR) is 51.8 cm³/mol. The summed E-state index contributed by atoms with van der Waals surface area (Å²) < 4.78 is 0. The van der Waals surface area contributed by atoms with Crippen molar-refractivity contribution in [3.63, 3.8) is 0 Å². The number of rotatable bonds is 2. The van der Waals surface area contributed by atoms with Gasteiger partial charge in [-0.3, -0.25) is 0 Å². The van der Waals surface area contributed by atoms with E-state index in [1.165, 1.54) is 0 Å². The van der Waals surface area contributed by atoms with Gasteiger partial charge in [0.2, 0.25) is 0 Å². The third-order valence-electron chi connectivity index (χ3n) is 1.27. The second kappa shape index (κ2) is 4.29. The van der Waals surface area contributed by atoms with Crippen molar-refractivity contribution in [3.8, 4) is 0 Å². The summed E-state index contributed by atoms with van der Waals surface area (Å²) in [5.41, 5.74) is 1.03. The lowest BCUT2D eigenvalue weighted by molar-refractivity contribution is 1.14. The lowest BCUT2D eigenvalue weighted by atomic mass is 10.2. The molecule has 0 fully saturated rings. The summed E-state index contributed by atoms with van der Waals surface area (Å²) in [5, 5.41) is 2.05. The zero-order valence-corrected chi connectivity index (χ0v) is 8.75. The summed E-state index contributed by atoms with van der Waals surface area (Å²) >= 11 is 14.8. The molecule has 0 saturated heterocycles. The summed E-state index contributed by atoms with van der Waals surface area (Å²) in [6.45, 7) is 0. The molecule has 1 nitrogen and oxygen atoms in total. The number of aromatic nitrogens is 1. The minimum absolute atomic E-state index is 0.491. The van der Waals surface area contributed by atoms with Crippen molar-refractivity contribution in [1.82, 2.24) is 4.98 Å². The first-order chi connectivity index (χ1) is 5.24. The molecule has 1 aromatic rings. The second-order valence-electron chi connectivity index (χ2n) is 2.04. The predicted octanol–water partition coefficient (Wildman–Crippen LogP) is 3.33. The van der Waals surface area contributed by atoms with Gasteiger partial charge >= 0.3 is 0 Å². The minimum atomic E-state index is 0.491. The molecule has 0 unspecified atom stereocenters. The van der Waals surface area contributed by atoms with Gasteiger partial charge in [-0.15, -0.1) is 0 Å². The zero-order chi connectivity index (χ0) is 8.27. The second-order valence-corrected chi connectivity index (χ2v) is 3.62. The summed E-state index contributed by atoms with van der Waals surface area (Å²) in [5.74, 6) is 0. The van der Waals surface area contributed by atoms with Gasteiger partial charge in [0.1, 0.15) is 5.15 Å². The fourth-order valence-electron chi connectivity index (χ4n) is 0.745. The Kier molecular flexibility index (Phi) is 3.63.